The molecular formula is C56H31N3. The molecule has 0 bridgehead atoms. The van der Waals surface area contributed by atoms with Crippen molar-refractivity contribution in [1.29, 1.82) is 0 Å². The van der Waals surface area contributed by atoms with Crippen molar-refractivity contribution in [2.75, 3.05) is 0 Å². The quantitative estimate of drug-likeness (QED) is 0.167. The number of aromatic nitrogens is 3. The summed E-state index contributed by atoms with van der Waals surface area (Å²) in [6, 6.07) is 70.3. The highest BCUT2D eigenvalue weighted by Gasteiger charge is 2.26. The van der Waals surface area contributed by atoms with Crippen molar-refractivity contribution in [3.63, 3.8) is 0 Å². The molecule has 15 aromatic rings. The zero-order valence-electron chi connectivity index (χ0n) is 31.7. The first kappa shape index (κ1) is 30.3. The Morgan fingerprint density at radius 2 is 0.831 bits per heavy atom. The second kappa shape index (κ2) is 10.5. The van der Waals surface area contributed by atoms with E-state index in [0.29, 0.717) is 0 Å². The average molecular weight is 746 g/mol. The van der Waals surface area contributed by atoms with Crippen LogP contribution in [0.5, 0.6) is 0 Å². The lowest BCUT2D eigenvalue weighted by Gasteiger charge is -2.12. The van der Waals surface area contributed by atoms with Gasteiger partial charge in [-0.3, -0.25) is 0 Å². The van der Waals surface area contributed by atoms with Crippen molar-refractivity contribution in [3.05, 3.63) is 188 Å². The number of hydrogen-bond donors (Lipinski definition) is 0. The van der Waals surface area contributed by atoms with Crippen LogP contribution in [-0.4, -0.2) is 13.4 Å². The van der Waals surface area contributed by atoms with Crippen LogP contribution in [0.3, 0.4) is 0 Å². The number of rotatable bonds is 2. The summed E-state index contributed by atoms with van der Waals surface area (Å²) in [7, 11) is 0. The standard InChI is InChI=1S/C56H31N3/c1-2-15-35(16-3-1)57-47-23-10-9-20-39(47)43-28-34(25-26-49(43)57)42-27-32-13-4-7-18-37(32)53-46-29-33-14-5-6-17-36(33)52-45-31-50-44(30-51(45)59(55(42)53)56(46)52)41-22-12-21-40-38-19-8-11-24-48(38)58(50)54(40)41/h1-31H. The van der Waals surface area contributed by atoms with Crippen LogP contribution in [-0.2, 0) is 0 Å². The van der Waals surface area contributed by atoms with Gasteiger partial charge in [-0.25, -0.2) is 0 Å². The molecule has 3 heteroatoms. The van der Waals surface area contributed by atoms with Crippen molar-refractivity contribution in [2.24, 2.45) is 0 Å². The molecule has 5 heterocycles. The third-order valence-corrected chi connectivity index (χ3v) is 13.6. The SMILES string of the molecule is c1ccc(-n2c3ccccc3c3cc(-c4cc5ccccc5c5c6cc7ccccc7c7c8cc9c(cc8n(c45)c67)c4cccc5c6ccccc6n9c54)ccc32)cc1. The molecule has 0 spiro atoms. The maximum atomic E-state index is 2.63. The third-order valence-electron chi connectivity index (χ3n) is 13.6. The lowest BCUT2D eigenvalue weighted by molar-refractivity contribution is 1.18. The molecule has 0 atom stereocenters. The first-order chi connectivity index (χ1) is 29.3. The van der Waals surface area contributed by atoms with Gasteiger partial charge in [-0.05, 0) is 87.8 Å². The maximum absolute atomic E-state index is 2.63. The molecule has 0 unspecified atom stereocenters. The predicted molar refractivity (Wildman–Crippen MR) is 251 cm³/mol. The van der Waals surface area contributed by atoms with Crippen molar-refractivity contribution in [3.8, 4) is 16.8 Å². The van der Waals surface area contributed by atoms with E-state index in [-0.39, 0.29) is 0 Å². The third kappa shape index (κ3) is 3.62. The van der Waals surface area contributed by atoms with Gasteiger partial charge < -0.3 is 13.4 Å². The summed E-state index contributed by atoms with van der Waals surface area (Å²) in [6.07, 6.45) is 0. The van der Waals surface area contributed by atoms with Gasteiger partial charge >= 0.3 is 0 Å². The molecule has 0 aliphatic rings. The van der Waals surface area contributed by atoms with E-state index in [1.54, 1.807) is 0 Å². The van der Waals surface area contributed by atoms with E-state index < -0.39 is 0 Å². The van der Waals surface area contributed by atoms with Gasteiger partial charge in [0.25, 0.3) is 0 Å². The molecule has 0 radical (unpaired) electrons. The fourth-order valence-corrected chi connectivity index (χ4v) is 11.3. The second-order valence-corrected chi connectivity index (χ2v) is 16.4. The van der Waals surface area contributed by atoms with Crippen molar-refractivity contribution < 1.29 is 0 Å². The molecule has 10 aromatic carbocycles. The fourth-order valence-electron chi connectivity index (χ4n) is 11.3. The molecule has 270 valence electrons. The lowest BCUT2D eigenvalue weighted by atomic mass is 9.93. The smallest absolute Gasteiger partial charge is 0.0627 e. The van der Waals surface area contributed by atoms with Crippen molar-refractivity contribution in [2.45, 2.75) is 0 Å². The zero-order valence-corrected chi connectivity index (χ0v) is 31.7. The van der Waals surface area contributed by atoms with E-state index in [2.05, 4.69) is 201 Å². The summed E-state index contributed by atoms with van der Waals surface area (Å²) < 4.78 is 7.56. The van der Waals surface area contributed by atoms with Crippen LogP contribution in [0.25, 0.3) is 136 Å². The monoisotopic (exact) mass is 745 g/mol. The first-order valence-electron chi connectivity index (χ1n) is 20.5. The topological polar surface area (TPSA) is 13.8 Å². The normalized spacial score (nSPS) is 12.7. The van der Waals surface area contributed by atoms with Gasteiger partial charge in [0.15, 0.2) is 0 Å². The van der Waals surface area contributed by atoms with E-state index in [9.17, 15) is 0 Å². The highest BCUT2D eigenvalue weighted by Crippen LogP contribution is 2.50. The van der Waals surface area contributed by atoms with Gasteiger partial charge in [0.1, 0.15) is 0 Å². The second-order valence-electron chi connectivity index (χ2n) is 16.4. The van der Waals surface area contributed by atoms with Crippen LogP contribution in [0.2, 0.25) is 0 Å². The van der Waals surface area contributed by atoms with E-state index in [4.69, 9.17) is 0 Å². The summed E-state index contributed by atoms with van der Waals surface area (Å²) in [6.45, 7) is 0. The van der Waals surface area contributed by atoms with Crippen LogP contribution in [0, 0.1) is 0 Å². The summed E-state index contributed by atoms with van der Waals surface area (Å²) in [5, 5.41) is 18.1. The lowest BCUT2D eigenvalue weighted by Crippen LogP contribution is -1.93. The van der Waals surface area contributed by atoms with Gasteiger partial charge in [-0.2, -0.15) is 0 Å². The predicted octanol–water partition coefficient (Wildman–Crippen LogP) is 15.1. The first-order valence-corrected chi connectivity index (χ1v) is 20.5. The minimum Gasteiger partial charge on any atom is -0.309 e. The Morgan fingerprint density at radius 1 is 0.271 bits per heavy atom. The Labute approximate surface area is 336 Å². The summed E-state index contributed by atoms with van der Waals surface area (Å²) in [5.41, 5.74) is 13.7. The van der Waals surface area contributed by atoms with Crippen LogP contribution < -0.4 is 0 Å². The van der Waals surface area contributed by atoms with Crippen LogP contribution >= 0.6 is 0 Å². The average Bonchev–Trinajstić information content (AvgIpc) is 4.08. The molecule has 0 saturated heterocycles. The molecule has 0 aliphatic carbocycles. The number of nitrogens with zero attached hydrogens (tertiary/aromatic N) is 3. The Kier molecular flexibility index (Phi) is 5.41. The highest BCUT2D eigenvalue weighted by molar-refractivity contribution is 6.37. The molecule has 0 fully saturated rings. The van der Waals surface area contributed by atoms with Gasteiger partial charge in [-0.15, -0.1) is 0 Å². The van der Waals surface area contributed by atoms with Gasteiger partial charge in [0.2, 0.25) is 0 Å². The van der Waals surface area contributed by atoms with Gasteiger partial charge in [0, 0.05) is 65.1 Å². The molecule has 0 saturated carbocycles. The molecule has 15 rings (SSSR count). The van der Waals surface area contributed by atoms with E-state index in [1.807, 2.05) is 0 Å². The van der Waals surface area contributed by atoms with Crippen molar-refractivity contribution >= 4 is 120 Å². The Balaban J connectivity index is 1.15. The van der Waals surface area contributed by atoms with E-state index >= 15 is 0 Å². The Morgan fingerprint density at radius 3 is 1.63 bits per heavy atom. The van der Waals surface area contributed by atoms with Crippen molar-refractivity contribution in [1.82, 2.24) is 13.4 Å². The number of fused-ring (bicyclic) bond motifs is 19. The molecule has 0 amide bonds. The fraction of sp³-hybridized carbons (Fsp3) is 0. The summed E-state index contributed by atoms with van der Waals surface area (Å²) >= 11 is 0. The number of hydrogen-bond acceptors (Lipinski definition) is 0. The molecule has 0 N–H and O–H groups in total. The van der Waals surface area contributed by atoms with E-state index in [0.717, 1.165) is 0 Å². The van der Waals surface area contributed by atoms with E-state index in [1.165, 1.54) is 136 Å². The number of benzene rings is 10. The van der Waals surface area contributed by atoms with Crippen LogP contribution in [0.15, 0.2) is 188 Å². The molecule has 59 heavy (non-hydrogen) atoms. The van der Waals surface area contributed by atoms with Gasteiger partial charge in [0.05, 0.1) is 44.1 Å². The van der Waals surface area contributed by atoms with Crippen LogP contribution in [0.1, 0.15) is 0 Å². The summed E-state index contributed by atoms with van der Waals surface area (Å²) in [4.78, 5) is 0. The molecular weight excluding hydrogens is 715 g/mol. The van der Waals surface area contributed by atoms with Gasteiger partial charge in [-0.1, -0.05) is 127 Å². The maximum Gasteiger partial charge on any atom is 0.0627 e. The largest absolute Gasteiger partial charge is 0.309 e. The molecule has 3 nitrogen and oxygen atoms in total. The Hall–Kier alpha value is -7.88. The zero-order chi connectivity index (χ0) is 38.1. The minimum atomic E-state index is 1.17. The summed E-state index contributed by atoms with van der Waals surface area (Å²) in [5.74, 6) is 0. The molecule has 0 aliphatic heterocycles. The Bertz CT molecular complexity index is 4290. The van der Waals surface area contributed by atoms with Crippen LogP contribution in [0.4, 0.5) is 0 Å². The molecule has 5 aromatic heterocycles. The minimum absolute atomic E-state index is 1.17. The highest BCUT2D eigenvalue weighted by atomic mass is 15.0. The number of para-hydroxylation sites is 4.